The number of fused-ring (bicyclic) bond motifs is 7. The van der Waals surface area contributed by atoms with Crippen LogP contribution in [-0.2, 0) is 12.0 Å². The van der Waals surface area contributed by atoms with E-state index in [2.05, 4.69) is 128 Å². The third kappa shape index (κ3) is 2.88. The zero-order valence-corrected chi connectivity index (χ0v) is 20.6. The van der Waals surface area contributed by atoms with Crippen molar-refractivity contribution < 1.29 is 0 Å². The molecule has 1 heterocycles. The molecule has 1 aliphatic carbocycles. The van der Waals surface area contributed by atoms with E-state index in [9.17, 15) is 0 Å². The van der Waals surface area contributed by atoms with E-state index < -0.39 is 0 Å². The Hall–Kier alpha value is -4.14. The standard InChI is InChI=1S/C34H28N2/c1-34(2)29-14-7-6-13-27(29)32-30(34)17-16-26-28-20-24(23-10-4-3-5-11-23)15-18-31(28)36(33(26)32)25-12-8-9-22(19-25)21-35/h3-20H,21,35H2,1-2H3. The van der Waals surface area contributed by atoms with Gasteiger partial charge in [-0.15, -0.1) is 0 Å². The Labute approximate surface area is 211 Å². The minimum Gasteiger partial charge on any atom is -0.326 e. The second-order valence-corrected chi connectivity index (χ2v) is 10.4. The lowest BCUT2D eigenvalue weighted by atomic mass is 9.82. The fourth-order valence-electron chi connectivity index (χ4n) is 6.19. The molecule has 1 aliphatic rings. The number of rotatable bonds is 3. The number of benzene rings is 5. The molecule has 2 N–H and O–H groups in total. The van der Waals surface area contributed by atoms with E-state index in [4.69, 9.17) is 5.73 Å². The third-order valence-electron chi connectivity index (χ3n) is 7.98. The average Bonchev–Trinajstić information content (AvgIpc) is 3.38. The predicted octanol–water partition coefficient (Wildman–Crippen LogP) is 8.22. The molecule has 0 bridgehead atoms. The van der Waals surface area contributed by atoms with E-state index in [1.165, 1.54) is 55.2 Å². The van der Waals surface area contributed by atoms with Crippen molar-refractivity contribution in [1.29, 1.82) is 0 Å². The summed E-state index contributed by atoms with van der Waals surface area (Å²) in [6, 6.07) is 39.8. The molecule has 7 rings (SSSR count). The second kappa shape index (κ2) is 7.68. The van der Waals surface area contributed by atoms with Gasteiger partial charge < -0.3 is 10.3 Å². The van der Waals surface area contributed by atoms with Gasteiger partial charge in [-0.1, -0.05) is 98.8 Å². The van der Waals surface area contributed by atoms with Gasteiger partial charge in [-0.3, -0.25) is 0 Å². The van der Waals surface area contributed by atoms with Gasteiger partial charge in [0, 0.05) is 34.0 Å². The third-order valence-corrected chi connectivity index (χ3v) is 7.98. The Morgan fingerprint density at radius 2 is 1.47 bits per heavy atom. The van der Waals surface area contributed by atoms with Crippen LogP contribution in [0, 0.1) is 0 Å². The molecule has 0 atom stereocenters. The zero-order valence-electron chi connectivity index (χ0n) is 20.6. The number of nitrogens with two attached hydrogens (primary N) is 1. The normalized spacial score (nSPS) is 13.8. The molecule has 0 saturated carbocycles. The molecular formula is C34H28N2. The van der Waals surface area contributed by atoms with Crippen LogP contribution in [0.15, 0.2) is 109 Å². The van der Waals surface area contributed by atoms with Crippen LogP contribution < -0.4 is 5.73 Å². The zero-order chi connectivity index (χ0) is 24.4. The van der Waals surface area contributed by atoms with Crippen molar-refractivity contribution in [3.8, 4) is 27.9 Å². The molecule has 5 aromatic carbocycles. The first-order chi connectivity index (χ1) is 17.6. The first-order valence-electron chi connectivity index (χ1n) is 12.6. The van der Waals surface area contributed by atoms with Crippen molar-refractivity contribution in [1.82, 2.24) is 4.57 Å². The minimum atomic E-state index is -0.0459. The highest BCUT2D eigenvalue weighted by atomic mass is 15.0. The summed E-state index contributed by atoms with van der Waals surface area (Å²) in [4.78, 5) is 0. The van der Waals surface area contributed by atoms with Crippen LogP contribution in [-0.4, -0.2) is 4.57 Å². The molecule has 0 saturated heterocycles. The van der Waals surface area contributed by atoms with E-state index in [1.54, 1.807) is 0 Å². The average molecular weight is 465 g/mol. The molecule has 2 heteroatoms. The number of hydrogen-bond donors (Lipinski definition) is 1. The highest BCUT2D eigenvalue weighted by Crippen LogP contribution is 2.53. The fourth-order valence-corrected chi connectivity index (χ4v) is 6.19. The van der Waals surface area contributed by atoms with Crippen LogP contribution in [0.1, 0.15) is 30.5 Å². The Bertz CT molecular complexity index is 1790. The first-order valence-corrected chi connectivity index (χ1v) is 12.6. The maximum atomic E-state index is 6.06. The van der Waals surface area contributed by atoms with Crippen LogP contribution in [0.2, 0.25) is 0 Å². The quantitative estimate of drug-likeness (QED) is 0.281. The minimum absolute atomic E-state index is 0.0459. The Kier molecular flexibility index (Phi) is 4.52. The molecule has 2 nitrogen and oxygen atoms in total. The lowest BCUT2D eigenvalue weighted by molar-refractivity contribution is 0.661. The van der Waals surface area contributed by atoms with Crippen LogP contribution in [0.5, 0.6) is 0 Å². The first kappa shape index (κ1) is 21.2. The number of hydrogen-bond acceptors (Lipinski definition) is 1. The summed E-state index contributed by atoms with van der Waals surface area (Å²) in [7, 11) is 0. The molecular weight excluding hydrogens is 436 g/mol. The smallest absolute Gasteiger partial charge is 0.0622 e. The largest absolute Gasteiger partial charge is 0.326 e. The van der Waals surface area contributed by atoms with Gasteiger partial charge in [0.25, 0.3) is 0 Å². The summed E-state index contributed by atoms with van der Waals surface area (Å²) in [5.41, 5.74) is 18.7. The summed E-state index contributed by atoms with van der Waals surface area (Å²) in [5, 5.41) is 2.56. The van der Waals surface area contributed by atoms with E-state index in [1.807, 2.05) is 0 Å². The van der Waals surface area contributed by atoms with Gasteiger partial charge in [-0.05, 0) is 57.6 Å². The second-order valence-electron chi connectivity index (χ2n) is 10.4. The Balaban J connectivity index is 1.65. The molecule has 0 unspecified atom stereocenters. The molecule has 36 heavy (non-hydrogen) atoms. The van der Waals surface area contributed by atoms with E-state index >= 15 is 0 Å². The highest BCUT2D eigenvalue weighted by Gasteiger charge is 2.37. The van der Waals surface area contributed by atoms with Gasteiger partial charge in [0.2, 0.25) is 0 Å². The lowest BCUT2D eigenvalue weighted by Gasteiger charge is -2.21. The summed E-state index contributed by atoms with van der Waals surface area (Å²) in [6.07, 6.45) is 0. The van der Waals surface area contributed by atoms with Crippen LogP contribution in [0.25, 0.3) is 49.7 Å². The Morgan fingerprint density at radius 1 is 0.667 bits per heavy atom. The van der Waals surface area contributed by atoms with Crippen LogP contribution in [0.3, 0.4) is 0 Å². The maximum absolute atomic E-state index is 6.06. The van der Waals surface area contributed by atoms with Crippen molar-refractivity contribution in [2.75, 3.05) is 0 Å². The summed E-state index contributed by atoms with van der Waals surface area (Å²) in [6.45, 7) is 5.22. The van der Waals surface area contributed by atoms with Gasteiger partial charge in [-0.25, -0.2) is 0 Å². The molecule has 6 aromatic rings. The molecule has 0 spiro atoms. The Morgan fingerprint density at radius 3 is 2.31 bits per heavy atom. The van der Waals surface area contributed by atoms with Crippen molar-refractivity contribution in [2.45, 2.75) is 25.8 Å². The molecule has 0 fully saturated rings. The van der Waals surface area contributed by atoms with Gasteiger partial charge in [0.1, 0.15) is 0 Å². The molecule has 0 amide bonds. The van der Waals surface area contributed by atoms with Gasteiger partial charge in [0.05, 0.1) is 11.0 Å². The number of nitrogens with zero attached hydrogens (tertiary/aromatic N) is 1. The lowest BCUT2D eigenvalue weighted by Crippen LogP contribution is -2.14. The van der Waals surface area contributed by atoms with Crippen molar-refractivity contribution in [2.24, 2.45) is 5.73 Å². The van der Waals surface area contributed by atoms with Gasteiger partial charge >= 0.3 is 0 Å². The number of aromatic nitrogens is 1. The van der Waals surface area contributed by atoms with Crippen molar-refractivity contribution in [3.63, 3.8) is 0 Å². The van der Waals surface area contributed by atoms with Gasteiger partial charge in [0.15, 0.2) is 0 Å². The fraction of sp³-hybridized carbons (Fsp3) is 0.118. The molecule has 0 radical (unpaired) electrons. The van der Waals surface area contributed by atoms with Crippen LogP contribution in [0.4, 0.5) is 0 Å². The maximum Gasteiger partial charge on any atom is 0.0622 e. The summed E-state index contributed by atoms with van der Waals surface area (Å²) < 4.78 is 2.45. The molecule has 0 aliphatic heterocycles. The summed E-state index contributed by atoms with van der Waals surface area (Å²) >= 11 is 0. The van der Waals surface area contributed by atoms with Gasteiger partial charge in [-0.2, -0.15) is 0 Å². The van der Waals surface area contributed by atoms with Crippen molar-refractivity contribution in [3.05, 3.63) is 126 Å². The van der Waals surface area contributed by atoms with Crippen molar-refractivity contribution >= 4 is 21.8 Å². The van der Waals surface area contributed by atoms with E-state index in [-0.39, 0.29) is 5.41 Å². The summed E-state index contributed by atoms with van der Waals surface area (Å²) in [5.74, 6) is 0. The highest BCUT2D eigenvalue weighted by molar-refractivity contribution is 6.16. The van der Waals surface area contributed by atoms with E-state index in [0.717, 1.165) is 11.3 Å². The molecule has 1 aromatic heterocycles. The monoisotopic (exact) mass is 464 g/mol. The SMILES string of the molecule is CC1(C)c2ccccc2-c2c1ccc1c3cc(-c4ccccc4)ccc3n(-c3cccc(CN)c3)c21. The topological polar surface area (TPSA) is 30.9 Å². The molecule has 174 valence electrons. The van der Waals surface area contributed by atoms with E-state index in [0.29, 0.717) is 6.54 Å². The predicted molar refractivity (Wildman–Crippen MR) is 152 cm³/mol. The van der Waals surface area contributed by atoms with Crippen LogP contribution >= 0.6 is 0 Å².